The number of hydrogen-bond donors (Lipinski definition) is 1. The number of rotatable bonds is 6. The third-order valence-electron chi connectivity index (χ3n) is 3.99. The zero-order valence-corrected chi connectivity index (χ0v) is 14.5. The second kappa shape index (κ2) is 7.75. The van der Waals surface area contributed by atoms with Gasteiger partial charge in [0.25, 0.3) is 0 Å². The Bertz CT molecular complexity index is 836. The van der Waals surface area contributed by atoms with E-state index in [1.165, 1.54) is 11.1 Å². The van der Waals surface area contributed by atoms with Crippen molar-refractivity contribution in [3.05, 3.63) is 76.7 Å². The number of amides is 1. The first-order valence-corrected chi connectivity index (χ1v) is 8.38. The van der Waals surface area contributed by atoms with Crippen molar-refractivity contribution in [2.24, 2.45) is 0 Å². The molecule has 0 fully saturated rings. The van der Waals surface area contributed by atoms with Gasteiger partial charge in [-0.1, -0.05) is 66.1 Å². The number of aryl methyl sites for hydroxylation is 2. The summed E-state index contributed by atoms with van der Waals surface area (Å²) in [6.07, 6.45) is 1.81. The SMILES string of the molecule is CCc1ccc(CC(=O)Nc2nnc(Cc3ccc(C)cc3)o2)cc1. The molecule has 0 aliphatic rings. The fourth-order valence-corrected chi connectivity index (χ4v) is 2.50. The molecule has 0 saturated carbocycles. The Balaban J connectivity index is 1.56. The topological polar surface area (TPSA) is 68.0 Å². The second-order valence-corrected chi connectivity index (χ2v) is 6.06. The van der Waals surface area contributed by atoms with E-state index in [0.717, 1.165) is 17.5 Å². The van der Waals surface area contributed by atoms with Gasteiger partial charge in [-0.2, -0.15) is 0 Å². The molecule has 0 unspecified atom stereocenters. The number of aromatic nitrogens is 2. The summed E-state index contributed by atoms with van der Waals surface area (Å²) in [5.74, 6) is 0.307. The van der Waals surface area contributed by atoms with Crippen molar-refractivity contribution in [2.45, 2.75) is 33.1 Å². The average Bonchev–Trinajstić information content (AvgIpc) is 3.04. The third kappa shape index (κ3) is 4.76. The summed E-state index contributed by atoms with van der Waals surface area (Å²) in [6.45, 7) is 4.14. The molecule has 0 aliphatic carbocycles. The summed E-state index contributed by atoms with van der Waals surface area (Å²) in [6, 6.07) is 16.3. The van der Waals surface area contributed by atoms with Gasteiger partial charge in [-0.05, 0) is 30.0 Å². The molecule has 0 saturated heterocycles. The highest BCUT2D eigenvalue weighted by molar-refractivity contribution is 5.90. The molecule has 5 heteroatoms. The summed E-state index contributed by atoms with van der Waals surface area (Å²) in [4.78, 5) is 12.1. The predicted molar refractivity (Wildman–Crippen MR) is 96.4 cm³/mol. The Morgan fingerprint density at radius 3 is 2.28 bits per heavy atom. The number of nitrogens with one attached hydrogen (secondary N) is 1. The summed E-state index contributed by atoms with van der Waals surface area (Å²) < 4.78 is 5.51. The molecular formula is C20H21N3O2. The van der Waals surface area contributed by atoms with Crippen LogP contribution in [-0.4, -0.2) is 16.1 Å². The van der Waals surface area contributed by atoms with E-state index in [9.17, 15) is 4.79 Å². The number of carbonyl (C=O) groups is 1. The number of anilines is 1. The Morgan fingerprint density at radius 1 is 0.960 bits per heavy atom. The third-order valence-corrected chi connectivity index (χ3v) is 3.99. The van der Waals surface area contributed by atoms with Crippen molar-refractivity contribution >= 4 is 11.9 Å². The van der Waals surface area contributed by atoms with Crippen molar-refractivity contribution in [1.82, 2.24) is 10.2 Å². The second-order valence-electron chi connectivity index (χ2n) is 6.06. The highest BCUT2D eigenvalue weighted by Gasteiger charge is 2.11. The molecule has 1 N–H and O–H groups in total. The van der Waals surface area contributed by atoms with E-state index in [0.29, 0.717) is 12.3 Å². The molecule has 5 nitrogen and oxygen atoms in total. The lowest BCUT2D eigenvalue weighted by Gasteiger charge is -2.02. The normalized spacial score (nSPS) is 10.6. The van der Waals surface area contributed by atoms with E-state index >= 15 is 0 Å². The van der Waals surface area contributed by atoms with E-state index in [2.05, 4.69) is 22.4 Å². The molecule has 2 aromatic carbocycles. The molecule has 0 atom stereocenters. The van der Waals surface area contributed by atoms with E-state index in [1.807, 2.05) is 55.5 Å². The van der Waals surface area contributed by atoms with E-state index in [1.54, 1.807) is 0 Å². The summed E-state index contributed by atoms with van der Waals surface area (Å²) in [5, 5.41) is 10.5. The first kappa shape index (κ1) is 16.9. The Kier molecular flexibility index (Phi) is 5.23. The van der Waals surface area contributed by atoms with Gasteiger partial charge in [0.1, 0.15) is 0 Å². The Labute approximate surface area is 147 Å². The minimum Gasteiger partial charge on any atom is -0.407 e. The molecule has 3 aromatic rings. The minimum absolute atomic E-state index is 0.136. The fraction of sp³-hybridized carbons (Fsp3) is 0.250. The van der Waals surface area contributed by atoms with Gasteiger partial charge in [-0.15, -0.1) is 5.10 Å². The highest BCUT2D eigenvalue weighted by atomic mass is 16.4. The molecule has 0 radical (unpaired) electrons. The smallest absolute Gasteiger partial charge is 0.322 e. The van der Waals surface area contributed by atoms with Crippen molar-refractivity contribution < 1.29 is 9.21 Å². The van der Waals surface area contributed by atoms with Gasteiger partial charge in [0.15, 0.2) is 0 Å². The molecule has 1 heterocycles. The quantitative estimate of drug-likeness (QED) is 0.745. The van der Waals surface area contributed by atoms with Crippen LogP contribution in [0.2, 0.25) is 0 Å². The van der Waals surface area contributed by atoms with Crippen LogP contribution in [0.25, 0.3) is 0 Å². The van der Waals surface area contributed by atoms with E-state index in [4.69, 9.17) is 4.42 Å². The van der Waals surface area contributed by atoms with Crippen LogP contribution in [0, 0.1) is 6.92 Å². The Hall–Kier alpha value is -2.95. The lowest BCUT2D eigenvalue weighted by Crippen LogP contribution is -2.14. The zero-order valence-electron chi connectivity index (χ0n) is 14.5. The standard InChI is InChI=1S/C20H21N3O2/c1-3-15-8-10-16(11-9-15)12-18(24)21-20-23-22-19(25-20)13-17-6-4-14(2)5-7-17/h4-11H,3,12-13H2,1-2H3,(H,21,23,24). The molecule has 25 heavy (non-hydrogen) atoms. The van der Waals surface area contributed by atoms with Gasteiger partial charge in [-0.3, -0.25) is 10.1 Å². The van der Waals surface area contributed by atoms with E-state index < -0.39 is 0 Å². The molecule has 0 bridgehead atoms. The molecule has 3 rings (SSSR count). The molecule has 0 spiro atoms. The molecule has 1 amide bonds. The molecule has 0 aliphatic heterocycles. The minimum atomic E-state index is -0.171. The van der Waals surface area contributed by atoms with Crippen LogP contribution in [0.4, 0.5) is 6.01 Å². The van der Waals surface area contributed by atoms with Gasteiger partial charge in [0.2, 0.25) is 11.8 Å². The van der Waals surface area contributed by atoms with Crippen LogP contribution < -0.4 is 5.32 Å². The summed E-state index contributed by atoms with van der Waals surface area (Å²) in [5.41, 5.74) is 4.49. The van der Waals surface area contributed by atoms with Crippen LogP contribution in [0.3, 0.4) is 0 Å². The van der Waals surface area contributed by atoms with Gasteiger partial charge < -0.3 is 4.42 Å². The number of carbonyl (C=O) groups excluding carboxylic acids is 1. The van der Waals surface area contributed by atoms with Crippen LogP contribution >= 0.6 is 0 Å². The molecular weight excluding hydrogens is 314 g/mol. The van der Waals surface area contributed by atoms with Gasteiger partial charge in [-0.25, -0.2) is 0 Å². The lowest BCUT2D eigenvalue weighted by atomic mass is 10.1. The van der Waals surface area contributed by atoms with Crippen molar-refractivity contribution in [3.8, 4) is 0 Å². The maximum absolute atomic E-state index is 12.1. The first-order chi connectivity index (χ1) is 12.1. The number of hydrogen-bond acceptors (Lipinski definition) is 4. The van der Waals surface area contributed by atoms with Crippen LogP contribution in [0.15, 0.2) is 52.9 Å². The average molecular weight is 335 g/mol. The highest BCUT2D eigenvalue weighted by Crippen LogP contribution is 2.13. The van der Waals surface area contributed by atoms with Gasteiger partial charge in [0, 0.05) is 0 Å². The maximum atomic E-state index is 12.1. The van der Waals surface area contributed by atoms with Gasteiger partial charge in [0.05, 0.1) is 12.8 Å². The summed E-state index contributed by atoms with van der Waals surface area (Å²) in [7, 11) is 0. The number of nitrogens with zero attached hydrogens (tertiary/aromatic N) is 2. The van der Waals surface area contributed by atoms with Crippen molar-refractivity contribution in [3.63, 3.8) is 0 Å². The molecule has 128 valence electrons. The van der Waals surface area contributed by atoms with Crippen molar-refractivity contribution in [2.75, 3.05) is 5.32 Å². The first-order valence-electron chi connectivity index (χ1n) is 8.38. The van der Waals surface area contributed by atoms with Gasteiger partial charge >= 0.3 is 6.01 Å². The van der Waals surface area contributed by atoms with E-state index in [-0.39, 0.29) is 18.3 Å². The zero-order chi connectivity index (χ0) is 17.6. The van der Waals surface area contributed by atoms with Crippen molar-refractivity contribution in [1.29, 1.82) is 0 Å². The largest absolute Gasteiger partial charge is 0.407 e. The van der Waals surface area contributed by atoms with Crippen LogP contribution in [-0.2, 0) is 24.1 Å². The number of benzene rings is 2. The molecule has 1 aromatic heterocycles. The fourth-order valence-electron chi connectivity index (χ4n) is 2.50. The summed E-state index contributed by atoms with van der Waals surface area (Å²) >= 11 is 0. The predicted octanol–water partition coefficient (Wildman–Crippen LogP) is 3.71. The lowest BCUT2D eigenvalue weighted by molar-refractivity contribution is -0.115. The Morgan fingerprint density at radius 2 is 1.60 bits per heavy atom. The monoisotopic (exact) mass is 335 g/mol. The van der Waals surface area contributed by atoms with Crippen LogP contribution in [0.1, 0.15) is 35.1 Å². The maximum Gasteiger partial charge on any atom is 0.322 e. The van der Waals surface area contributed by atoms with Crippen LogP contribution in [0.5, 0.6) is 0 Å².